The lowest BCUT2D eigenvalue weighted by Gasteiger charge is -2.14. The number of imidazole rings is 1. The van der Waals surface area contributed by atoms with E-state index in [1.165, 1.54) is 24.0 Å². The third-order valence-corrected chi connectivity index (χ3v) is 6.11. The van der Waals surface area contributed by atoms with Gasteiger partial charge in [0.05, 0.1) is 33.4 Å². The van der Waals surface area contributed by atoms with Crippen LogP contribution in [0.1, 0.15) is 6.92 Å². The highest BCUT2D eigenvalue weighted by atomic mass is 35.5. The quantitative estimate of drug-likeness (QED) is 0.356. The van der Waals surface area contributed by atoms with Gasteiger partial charge in [-0.2, -0.15) is 0 Å². The van der Waals surface area contributed by atoms with E-state index in [0.717, 1.165) is 22.5 Å². The van der Waals surface area contributed by atoms with Crippen LogP contribution in [0.15, 0.2) is 66.0 Å². The first kappa shape index (κ1) is 21.5. The summed E-state index contributed by atoms with van der Waals surface area (Å²) in [6.45, 7) is 1.81. The molecule has 158 valence electrons. The van der Waals surface area contributed by atoms with Crippen LogP contribution >= 0.6 is 35.0 Å². The van der Waals surface area contributed by atoms with Crippen LogP contribution in [0.2, 0.25) is 10.0 Å². The van der Waals surface area contributed by atoms with Crippen molar-refractivity contribution in [2.24, 2.45) is 0 Å². The number of thioether (sulfide) groups is 1. The normalized spacial score (nSPS) is 12.0. The number of amides is 1. The molecule has 0 aliphatic carbocycles. The Morgan fingerprint density at radius 1 is 1.16 bits per heavy atom. The molecule has 9 heteroatoms. The topological polar surface area (TPSA) is 69.0 Å². The van der Waals surface area contributed by atoms with Crippen molar-refractivity contribution in [3.05, 3.63) is 70.8 Å². The van der Waals surface area contributed by atoms with E-state index in [2.05, 4.69) is 10.3 Å². The Balaban J connectivity index is 1.63. The van der Waals surface area contributed by atoms with Crippen LogP contribution in [0.25, 0.3) is 16.7 Å². The number of carbonyl (C=O) groups is 1. The van der Waals surface area contributed by atoms with E-state index in [9.17, 15) is 4.79 Å². The molecule has 1 N–H and O–H groups in total. The fraction of sp³-hybridized carbons (Fsp3) is 0.136. The molecule has 0 saturated carbocycles. The smallest absolute Gasteiger partial charge is 0.238 e. The summed E-state index contributed by atoms with van der Waals surface area (Å²) in [4.78, 5) is 21.6. The molecule has 2 aromatic heterocycles. The molecule has 4 rings (SSSR count). The van der Waals surface area contributed by atoms with Crippen molar-refractivity contribution in [3.8, 4) is 11.4 Å². The van der Waals surface area contributed by atoms with Crippen LogP contribution in [0, 0.1) is 0 Å². The van der Waals surface area contributed by atoms with Crippen molar-refractivity contribution in [2.75, 3.05) is 12.4 Å². The number of ether oxygens (including phenoxy) is 1. The Morgan fingerprint density at radius 3 is 2.61 bits per heavy atom. The monoisotopic (exact) mass is 472 g/mol. The third-order valence-electron chi connectivity index (χ3n) is 4.56. The number of hydrogen-bond acceptors (Lipinski definition) is 5. The van der Waals surface area contributed by atoms with Gasteiger partial charge >= 0.3 is 0 Å². The molecule has 0 spiro atoms. The van der Waals surface area contributed by atoms with Crippen LogP contribution in [0.3, 0.4) is 0 Å². The number of anilines is 1. The van der Waals surface area contributed by atoms with E-state index < -0.39 is 5.25 Å². The van der Waals surface area contributed by atoms with E-state index in [4.69, 9.17) is 32.9 Å². The van der Waals surface area contributed by atoms with Gasteiger partial charge in [0.2, 0.25) is 5.91 Å². The van der Waals surface area contributed by atoms with E-state index in [-0.39, 0.29) is 16.7 Å². The summed E-state index contributed by atoms with van der Waals surface area (Å²) in [6, 6.07) is 17.1. The molecule has 2 heterocycles. The summed E-state index contributed by atoms with van der Waals surface area (Å²) >= 11 is 13.3. The van der Waals surface area contributed by atoms with Gasteiger partial charge in [-0.25, -0.2) is 9.97 Å². The summed E-state index contributed by atoms with van der Waals surface area (Å²) in [5.41, 5.74) is 2.72. The van der Waals surface area contributed by atoms with Crippen LogP contribution < -0.4 is 10.1 Å². The molecule has 1 atom stereocenters. The van der Waals surface area contributed by atoms with Crippen molar-refractivity contribution in [3.63, 3.8) is 0 Å². The number of hydrogen-bond donors (Lipinski definition) is 1. The van der Waals surface area contributed by atoms with Gasteiger partial charge < -0.3 is 10.1 Å². The van der Waals surface area contributed by atoms with E-state index in [1.807, 2.05) is 60.0 Å². The van der Waals surface area contributed by atoms with Crippen molar-refractivity contribution in [2.45, 2.75) is 17.3 Å². The Kier molecular flexibility index (Phi) is 6.36. The minimum absolute atomic E-state index is 0.241. The second-order valence-electron chi connectivity index (χ2n) is 6.65. The summed E-state index contributed by atoms with van der Waals surface area (Å²) < 4.78 is 7.29. The van der Waals surface area contributed by atoms with Gasteiger partial charge in [-0.3, -0.25) is 9.36 Å². The van der Waals surface area contributed by atoms with E-state index >= 15 is 0 Å². The number of methoxy groups -OCH3 is 1. The molecule has 1 amide bonds. The van der Waals surface area contributed by atoms with Gasteiger partial charge in [-0.05, 0) is 49.4 Å². The standard InChI is InChI=1S/C22H18Cl2N4O2S/c1-13(21(29)27-20-17(24)11-14(23)12-25-20)31-22-26-18-5-3-4-6-19(18)28(22)15-7-9-16(30-2)10-8-15/h3-13H,1-2H3,(H,25,27,29)/t13-/m1/s1. The predicted octanol–water partition coefficient (Wildman–Crippen LogP) is 5.86. The number of nitrogens with one attached hydrogen (secondary N) is 1. The Morgan fingerprint density at radius 2 is 1.90 bits per heavy atom. The minimum atomic E-state index is -0.456. The highest BCUT2D eigenvalue weighted by molar-refractivity contribution is 8.00. The number of para-hydroxylation sites is 2. The van der Waals surface area contributed by atoms with Crippen LogP contribution in [-0.2, 0) is 4.79 Å². The average molecular weight is 473 g/mol. The van der Waals surface area contributed by atoms with Crippen molar-refractivity contribution < 1.29 is 9.53 Å². The molecule has 0 saturated heterocycles. The first-order valence-corrected chi connectivity index (χ1v) is 11.0. The van der Waals surface area contributed by atoms with E-state index in [0.29, 0.717) is 10.2 Å². The van der Waals surface area contributed by atoms with Gasteiger partial charge in [0.15, 0.2) is 11.0 Å². The fourth-order valence-electron chi connectivity index (χ4n) is 3.00. The molecule has 0 unspecified atom stereocenters. The summed E-state index contributed by atoms with van der Waals surface area (Å²) in [7, 11) is 1.63. The number of rotatable bonds is 6. The zero-order chi connectivity index (χ0) is 22.0. The number of pyridine rings is 1. The van der Waals surface area contributed by atoms with Gasteiger partial charge in [0.1, 0.15) is 5.75 Å². The molecule has 0 radical (unpaired) electrons. The van der Waals surface area contributed by atoms with Gasteiger partial charge in [-0.1, -0.05) is 47.1 Å². The maximum absolute atomic E-state index is 12.8. The average Bonchev–Trinajstić information content (AvgIpc) is 3.13. The number of nitrogens with zero attached hydrogens (tertiary/aromatic N) is 3. The number of fused-ring (bicyclic) bond motifs is 1. The minimum Gasteiger partial charge on any atom is -0.497 e. The Labute approximate surface area is 193 Å². The maximum Gasteiger partial charge on any atom is 0.238 e. The summed E-state index contributed by atoms with van der Waals surface area (Å²) in [5.74, 6) is 0.796. The lowest BCUT2D eigenvalue weighted by Crippen LogP contribution is -2.23. The van der Waals surface area contributed by atoms with E-state index in [1.54, 1.807) is 7.11 Å². The van der Waals surface area contributed by atoms with Gasteiger partial charge in [0, 0.05) is 11.9 Å². The fourth-order valence-corrected chi connectivity index (χ4v) is 4.37. The summed E-state index contributed by atoms with van der Waals surface area (Å²) in [5, 5.41) is 3.68. The molecule has 0 aliphatic heterocycles. The number of halogens is 2. The largest absolute Gasteiger partial charge is 0.497 e. The Hall–Kier alpha value is -2.74. The Bertz CT molecular complexity index is 1240. The van der Waals surface area contributed by atoms with Crippen LogP contribution in [0.4, 0.5) is 5.82 Å². The summed E-state index contributed by atoms with van der Waals surface area (Å²) in [6.07, 6.45) is 1.43. The first-order chi connectivity index (χ1) is 15.0. The van der Waals surface area contributed by atoms with Crippen LogP contribution in [-0.4, -0.2) is 32.8 Å². The molecule has 4 aromatic rings. The third kappa shape index (κ3) is 4.63. The molecular weight excluding hydrogens is 455 g/mol. The SMILES string of the molecule is COc1ccc(-n2c(S[C@H](C)C(=O)Nc3ncc(Cl)cc3Cl)nc3ccccc32)cc1. The lowest BCUT2D eigenvalue weighted by molar-refractivity contribution is -0.115. The van der Waals surface area contributed by atoms with Gasteiger partial charge in [-0.15, -0.1) is 0 Å². The second kappa shape index (κ2) is 9.18. The van der Waals surface area contributed by atoms with Gasteiger partial charge in [0.25, 0.3) is 0 Å². The highest BCUT2D eigenvalue weighted by Gasteiger charge is 2.21. The van der Waals surface area contributed by atoms with Crippen molar-refractivity contribution in [1.29, 1.82) is 0 Å². The zero-order valence-corrected chi connectivity index (χ0v) is 19.0. The number of benzene rings is 2. The molecule has 31 heavy (non-hydrogen) atoms. The molecular formula is C22H18Cl2N4O2S. The predicted molar refractivity (Wildman–Crippen MR) is 126 cm³/mol. The second-order valence-corrected chi connectivity index (χ2v) is 8.80. The maximum atomic E-state index is 12.8. The van der Waals surface area contributed by atoms with Crippen LogP contribution in [0.5, 0.6) is 5.75 Å². The van der Waals surface area contributed by atoms with Crippen molar-refractivity contribution in [1.82, 2.24) is 14.5 Å². The zero-order valence-electron chi connectivity index (χ0n) is 16.7. The molecule has 0 aliphatic rings. The number of carbonyl (C=O) groups excluding carboxylic acids is 1. The lowest BCUT2D eigenvalue weighted by atomic mass is 10.2. The highest BCUT2D eigenvalue weighted by Crippen LogP contribution is 2.32. The molecule has 0 fully saturated rings. The molecule has 6 nitrogen and oxygen atoms in total. The van der Waals surface area contributed by atoms with Crippen molar-refractivity contribution >= 4 is 57.7 Å². The number of aromatic nitrogens is 3. The first-order valence-electron chi connectivity index (χ1n) is 9.36. The molecule has 0 bridgehead atoms. The molecule has 2 aromatic carbocycles.